The summed E-state index contributed by atoms with van der Waals surface area (Å²) in [4.78, 5) is 2.55. The third-order valence-corrected chi connectivity index (χ3v) is 13.7. The number of rotatable bonds is 5. The van der Waals surface area contributed by atoms with Crippen molar-refractivity contribution in [2.75, 3.05) is 4.90 Å². The van der Waals surface area contributed by atoms with Crippen LogP contribution in [0.5, 0.6) is 0 Å². The number of hydrogen-bond acceptors (Lipinski definition) is 1. The molecule has 13 rings (SSSR count). The fourth-order valence-electron chi connectivity index (χ4n) is 11.1. The Morgan fingerprint density at radius 2 is 0.694 bits per heavy atom. The fourth-order valence-corrected chi connectivity index (χ4v) is 11.1. The van der Waals surface area contributed by atoms with Crippen molar-refractivity contribution in [3.8, 4) is 44.5 Å². The fraction of sp³-hybridized carbons (Fsp3) is 0.0164. The molecule has 1 nitrogen and oxygen atoms in total. The van der Waals surface area contributed by atoms with Gasteiger partial charge in [0.1, 0.15) is 0 Å². The minimum atomic E-state index is -0.452. The number of anilines is 3. The minimum Gasteiger partial charge on any atom is -0.309 e. The molecular formula is C61H39N. The maximum atomic E-state index is 2.55. The molecule has 0 amide bonds. The van der Waals surface area contributed by atoms with Crippen LogP contribution < -0.4 is 4.90 Å². The Hall–Kier alpha value is -8.00. The van der Waals surface area contributed by atoms with Crippen LogP contribution in [0.4, 0.5) is 17.1 Å². The van der Waals surface area contributed by atoms with Gasteiger partial charge in [-0.3, -0.25) is 0 Å². The Balaban J connectivity index is 1.11. The van der Waals surface area contributed by atoms with Gasteiger partial charge in [0.25, 0.3) is 0 Å². The second kappa shape index (κ2) is 13.5. The molecule has 0 unspecified atom stereocenters. The zero-order valence-corrected chi connectivity index (χ0v) is 34.0. The molecule has 0 aliphatic heterocycles. The van der Waals surface area contributed by atoms with Crippen LogP contribution in [-0.4, -0.2) is 0 Å². The zero-order valence-electron chi connectivity index (χ0n) is 34.0. The van der Waals surface area contributed by atoms with E-state index >= 15 is 0 Å². The molecule has 0 N–H and O–H groups in total. The van der Waals surface area contributed by atoms with Crippen LogP contribution in [0.3, 0.4) is 0 Å². The molecule has 62 heavy (non-hydrogen) atoms. The second-order valence-electron chi connectivity index (χ2n) is 16.7. The monoisotopic (exact) mass is 785 g/mol. The highest BCUT2D eigenvalue weighted by molar-refractivity contribution is 6.26. The summed E-state index contributed by atoms with van der Waals surface area (Å²) in [5.74, 6) is 0. The first-order chi connectivity index (χ1) is 30.8. The Kier molecular flexibility index (Phi) is 7.59. The molecule has 0 saturated carbocycles. The Bertz CT molecular complexity index is 3500. The second-order valence-corrected chi connectivity index (χ2v) is 16.7. The predicted octanol–water partition coefficient (Wildman–Crippen LogP) is 16.3. The maximum Gasteiger partial charge on any atom is 0.0726 e. The molecule has 0 bridgehead atoms. The van der Waals surface area contributed by atoms with Crippen molar-refractivity contribution < 1.29 is 0 Å². The van der Waals surface area contributed by atoms with Crippen molar-refractivity contribution in [1.29, 1.82) is 0 Å². The first-order valence-electron chi connectivity index (χ1n) is 21.6. The number of benzene rings is 11. The van der Waals surface area contributed by atoms with Crippen molar-refractivity contribution in [1.82, 2.24) is 0 Å². The van der Waals surface area contributed by atoms with Crippen LogP contribution in [0.2, 0.25) is 0 Å². The van der Waals surface area contributed by atoms with E-state index in [1.807, 2.05) is 0 Å². The lowest BCUT2D eigenvalue weighted by Crippen LogP contribution is -2.26. The number of hydrogen-bond donors (Lipinski definition) is 0. The predicted molar refractivity (Wildman–Crippen MR) is 261 cm³/mol. The van der Waals surface area contributed by atoms with Gasteiger partial charge in [0.05, 0.1) is 16.8 Å². The molecule has 11 aromatic rings. The Labute approximate surface area is 361 Å². The summed E-state index contributed by atoms with van der Waals surface area (Å²) in [6, 6.07) is 87.9. The van der Waals surface area contributed by atoms with Gasteiger partial charge in [0.15, 0.2) is 0 Å². The first-order valence-corrected chi connectivity index (χ1v) is 21.6. The average Bonchev–Trinajstić information content (AvgIpc) is 3.83. The van der Waals surface area contributed by atoms with Crippen LogP contribution in [0.15, 0.2) is 237 Å². The van der Waals surface area contributed by atoms with E-state index in [4.69, 9.17) is 0 Å². The van der Waals surface area contributed by atoms with E-state index in [0.29, 0.717) is 0 Å². The largest absolute Gasteiger partial charge is 0.309 e. The van der Waals surface area contributed by atoms with Crippen LogP contribution in [0.25, 0.3) is 76.8 Å². The van der Waals surface area contributed by atoms with Crippen molar-refractivity contribution in [2.24, 2.45) is 0 Å². The third kappa shape index (κ3) is 4.85. The SMILES string of the molecule is c1ccc(-c2ccc(-c3ccccc3N(c3ccc4c5ccccc5c5ccccc5c4c3)c3cccc4c3-c3ccccc3C43c4ccccc4-c4ccccc43)cc2)cc1. The van der Waals surface area contributed by atoms with Gasteiger partial charge in [0, 0.05) is 16.8 Å². The van der Waals surface area contributed by atoms with Gasteiger partial charge in [-0.2, -0.15) is 0 Å². The molecule has 0 fully saturated rings. The van der Waals surface area contributed by atoms with E-state index in [1.165, 1.54) is 99.1 Å². The molecular weight excluding hydrogens is 747 g/mol. The summed E-state index contributed by atoms with van der Waals surface area (Å²) in [6.07, 6.45) is 0. The molecule has 0 atom stereocenters. The standard InChI is InChI=1S/C61H39N/c1-2-17-40(18-3-1)41-33-35-42(36-34-41)44-19-11-15-31-58(44)62(43-37-38-49-47-22-5-4-20-45(47)46-21-6-7-23-48(46)53(49)39-43)59-32-16-30-57-60(59)52-26-10-14-29-56(52)61(57)54-27-12-8-24-50(54)51-25-9-13-28-55(51)61/h1-39H. The van der Waals surface area contributed by atoms with E-state index in [0.717, 1.165) is 17.1 Å². The molecule has 2 aliphatic carbocycles. The highest BCUT2D eigenvalue weighted by Gasteiger charge is 2.52. The van der Waals surface area contributed by atoms with Gasteiger partial charge in [-0.15, -0.1) is 0 Å². The van der Waals surface area contributed by atoms with Crippen molar-refractivity contribution in [3.05, 3.63) is 259 Å². The quantitative estimate of drug-likeness (QED) is 0.157. The summed E-state index contributed by atoms with van der Waals surface area (Å²) >= 11 is 0. The van der Waals surface area contributed by atoms with Gasteiger partial charge < -0.3 is 4.90 Å². The average molecular weight is 786 g/mol. The molecule has 2 aliphatic rings. The summed E-state index contributed by atoms with van der Waals surface area (Å²) in [7, 11) is 0. The lowest BCUT2D eigenvalue weighted by Gasteiger charge is -2.32. The van der Waals surface area contributed by atoms with Crippen LogP contribution >= 0.6 is 0 Å². The highest BCUT2D eigenvalue weighted by atomic mass is 15.1. The van der Waals surface area contributed by atoms with E-state index in [2.05, 4.69) is 241 Å². The van der Waals surface area contributed by atoms with Crippen LogP contribution in [0.1, 0.15) is 22.3 Å². The topological polar surface area (TPSA) is 3.24 Å². The van der Waals surface area contributed by atoms with E-state index in [1.54, 1.807) is 0 Å². The first kappa shape index (κ1) is 34.8. The molecule has 288 valence electrons. The number of fused-ring (bicyclic) bond motifs is 16. The van der Waals surface area contributed by atoms with Gasteiger partial charge in [0.2, 0.25) is 0 Å². The Morgan fingerprint density at radius 3 is 1.34 bits per heavy atom. The van der Waals surface area contributed by atoms with Gasteiger partial charge in [-0.1, -0.05) is 212 Å². The van der Waals surface area contributed by atoms with Crippen LogP contribution in [0, 0.1) is 0 Å². The molecule has 0 saturated heterocycles. The molecule has 0 heterocycles. The Morgan fingerprint density at radius 1 is 0.258 bits per heavy atom. The smallest absolute Gasteiger partial charge is 0.0726 e. The van der Waals surface area contributed by atoms with Crippen molar-refractivity contribution in [2.45, 2.75) is 5.41 Å². The highest BCUT2D eigenvalue weighted by Crippen LogP contribution is 2.65. The van der Waals surface area contributed by atoms with E-state index < -0.39 is 5.41 Å². The molecule has 1 spiro atoms. The lowest BCUT2D eigenvalue weighted by atomic mass is 9.70. The summed E-state index contributed by atoms with van der Waals surface area (Å²) < 4.78 is 0. The molecule has 0 radical (unpaired) electrons. The maximum absolute atomic E-state index is 2.55. The third-order valence-electron chi connectivity index (χ3n) is 13.7. The van der Waals surface area contributed by atoms with Gasteiger partial charge >= 0.3 is 0 Å². The minimum absolute atomic E-state index is 0.452. The van der Waals surface area contributed by atoms with E-state index in [9.17, 15) is 0 Å². The summed E-state index contributed by atoms with van der Waals surface area (Å²) in [6.45, 7) is 0. The summed E-state index contributed by atoms with van der Waals surface area (Å²) in [5.41, 5.74) is 18.2. The number of nitrogens with zero attached hydrogens (tertiary/aromatic N) is 1. The van der Waals surface area contributed by atoms with Crippen LogP contribution in [-0.2, 0) is 5.41 Å². The number of para-hydroxylation sites is 1. The van der Waals surface area contributed by atoms with E-state index in [-0.39, 0.29) is 0 Å². The summed E-state index contributed by atoms with van der Waals surface area (Å²) in [5, 5.41) is 7.59. The molecule has 0 aromatic heterocycles. The van der Waals surface area contributed by atoms with Gasteiger partial charge in [-0.05, 0) is 112 Å². The zero-order chi connectivity index (χ0) is 40.8. The van der Waals surface area contributed by atoms with Crippen molar-refractivity contribution >= 4 is 49.4 Å². The molecule has 11 aromatic carbocycles. The normalized spacial score (nSPS) is 13.0. The lowest BCUT2D eigenvalue weighted by molar-refractivity contribution is 0.794. The molecule has 1 heteroatoms. The van der Waals surface area contributed by atoms with Crippen molar-refractivity contribution in [3.63, 3.8) is 0 Å². The van der Waals surface area contributed by atoms with Gasteiger partial charge in [-0.25, -0.2) is 0 Å².